The maximum absolute atomic E-state index is 12.6. The van der Waals surface area contributed by atoms with Gasteiger partial charge in [-0.05, 0) is 19.1 Å². The zero-order valence-corrected chi connectivity index (χ0v) is 13.9. The van der Waals surface area contributed by atoms with Crippen molar-refractivity contribution in [2.24, 2.45) is 10.2 Å². The number of pyridine rings is 1. The van der Waals surface area contributed by atoms with E-state index < -0.39 is 21.0 Å². The van der Waals surface area contributed by atoms with Crippen LogP contribution in [0.3, 0.4) is 0 Å². The van der Waals surface area contributed by atoms with Crippen molar-refractivity contribution in [2.75, 3.05) is 6.26 Å². The quantitative estimate of drug-likeness (QED) is 0.591. The maximum Gasteiger partial charge on any atom is 0.234 e. The van der Waals surface area contributed by atoms with E-state index in [0.29, 0.717) is 5.69 Å². The molecule has 0 aliphatic rings. The van der Waals surface area contributed by atoms with Crippen LogP contribution in [0.25, 0.3) is 0 Å². The molecule has 124 valence electrons. The number of aromatic nitrogens is 1. The van der Waals surface area contributed by atoms with E-state index in [1.807, 2.05) is 0 Å². The second-order valence-electron chi connectivity index (χ2n) is 5.07. The highest BCUT2D eigenvalue weighted by Gasteiger charge is 2.31. The highest BCUT2D eigenvalue weighted by Crippen LogP contribution is 2.18. The van der Waals surface area contributed by atoms with Gasteiger partial charge in [-0.3, -0.25) is 14.6 Å². The Kier molecular flexibility index (Phi) is 5.30. The van der Waals surface area contributed by atoms with Gasteiger partial charge >= 0.3 is 0 Å². The summed E-state index contributed by atoms with van der Waals surface area (Å²) in [5, 5.41) is 5.73. The van der Waals surface area contributed by atoms with Crippen molar-refractivity contribution in [3.63, 3.8) is 0 Å². The van der Waals surface area contributed by atoms with Crippen LogP contribution in [0.5, 0.6) is 0 Å². The van der Waals surface area contributed by atoms with E-state index in [1.165, 1.54) is 31.5 Å². The predicted octanol–water partition coefficient (Wildman–Crippen LogP) is 2.62. The lowest BCUT2D eigenvalue weighted by Gasteiger charge is -2.11. The van der Waals surface area contributed by atoms with Gasteiger partial charge in [-0.1, -0.05) is 24.3 Å². The summed E-state index contributed by atoms with van der Waals surface area (Å²) in [5.41, 5.74) is 0.470. The minimum absolute atomic E-state index is 0.00515. The van der Waals surface area contributed by atoms with Crippen LogP contribution < -0.4 is 0 Å². The molecule has 0 aliphatic heterocycles. The van der Waals surface area contributed by atoms with Gasteiger partial charge in [0.25, 0.3) is 0 Å². The smallest absolute Gasteiger partial charge is 0.234 e. The SMILES string of the molecule is CC(=O)c1ccccc1C(=O)C(N=Nc1cccnc1)S(C)(=O)=O. The minimum atomic E-state index is -3.87. The Morgan fingerprint density at radius 2 is 1.75 bits per heavy atom. The van der Waals surface area contributed by atoms with Crippen molar-refractivity contribution in [3.8, 4) is 0 Å². The van der Waals surface area contributed by atoms with Gasteiger partial charge in [0, 0.05) is 23.6 Å². The number of hydrogen-bond acceptors (Lipinski definition) is 7. The van der Waals surface area contributed by atoms with Crippen LogP contribution in [0.15, 0.2) is 59.0 Å². The molecular weight excluding hydrogens is 330 g/mol. The number of benzene rings is 1. The van der Waals surface area contributed by atoms with E-state index in [1.54, 1.807) is 24.3 Å². The van der Waals surface area contributed by atoms with Crippen LogP contribution in [0.4, 0.5) is 5.69 Å². The highest BCUT2D eigenvalue weighted by atomic mass is 32.2. The first kappa shape index (κ1) is 17.6. The Bertz CT molecular complexity index is 893. The van der Waals surface area contributed by atoms with Gasteiger partial charge in [-0.2, -0.15) is 10.2 Å². The van der Waals surface area contributed by atoms with Crippen molar-refractivity contribution >= 4 is 27.1 Å². The summed E-state index contributed by atoms with van der Waals surface area (Å²) in [6.45, 7) is 1.30. The molecule has 0 amide bonds. The first-order chi connectivity index (χ1) is 11.3. The van der Waals surface area contributed by atoms with Crippen LogP contribution in [0.2, 0.25) is 0 Å². The van der Waals surface area contributed by atoms with Gasteiger partial charge in [0.2, 0.25) is 11.2 Å². The van der Waals surface area contributed by atoms with Gasteiger partial charge in [0.15, 0.2) is 15.6 Å². The Hall–Kier alpha value is -2.74. The molecule has 0 saturated carbocycles. The number of carbonyl (C=O) groups excluding carboxylic acids is 2. The van der Waals surface area contributed by atoms with E-state index in [4.69, 9.17) is 0 Å². The number of Topliss-reactive ketones (excluding diaryl/α,β-unsaturated/α-hetero) is 2. The van der Waals surface area contributed by atoms with E-state index in [2.05, 4.69) is 15.2 Å². The Balaban J connectivity index is 2.45. The molecule has 0 saturated heterocycles. The van der Waals surface area contributed by atoms with Crippen molar-refractivity contribution in [1.82, 2.24) is 4.98 Å². The van der Waals surface area contributed by atoms with Gasteiger partial charge < -0.3 is 0 Å². The van der Waals surface area contributed by atoms with Crippen LogP contribution in [0, 0.1) is 0 Å². The van der Waals surface area contributed by atoms with Gasteiger partial charge in [-0.15, -0.1) is 0 Å². The molecular formula is C16H15N3O4S. The lowest BCUT2D eigenvalue weighted by Crippen LogP contribution is -2.28. The normalized spacial score (nSPS) is 12.9. The summed E-state index contributed by atoms with van der Waals surface area (Å²) in [6, 6.07) is 9.20. The molecule has 1 aromatic heterocycles. The molecule has 1 aromatic carbocycles. The van der Waals surface area contributed by atoms with Crippen molar-refractivity contribution in [3.05, 3.63) is 59.9 Å². The number of carbonyl (C=O) groups is 2. The molecule has 0 fully saturated rings. The Labute approximate surface area is 139 Å². The first-order valence-corrected chi connectivity index (χ1v) is 8.90. The third kappa shape index (κ3) is 4.17. The molecule has 0 bridgehead atoms. The van der Waals surface area contributed by atoms with Crippen LogP contribution >= 0.6 is 0 Å². The molecule has 1 unspecified atom stereocenters. The van der Waals surface area contributed by atoms with E-state index >= 15 is 0 Å². The third-order valence-corrected chi connectivity index (χ3v) is 4.25. The molecule has 1 heterocycles. The molecule has 1 atom stereocenters. The lowest BCUT2D eigenvalue weighted by atomic mass is 10.0. The fourth-order valence-corrected chi connectivity index (χ4v) is 2.74. The van der Waals surface area contributed by atoms with Crippen LogP contribution in [-0.4, -0.2) is 36.6 Å². The first-order valence-electron chi connectivity index (χ1n) is 6.94. The predicted molar refractivity (Wildman–Crippen MR) is 88.2 cm³/mol. The number of sulfone groups is 1. The Morgan fingerprint density at radius 1 is 1.08 bits per heavy atom. The van der Waals surface area contributed by atoms with E-state index in [0.717, 1.165) is 6.26 Å². The number of rotatable bonds is 6. The molecule has 2 rings (SSSR count). The second-order valence-corrected chi connectivity index (χ2v) is 7.18. The van der Waals surface area contributed by atoms with E-state index in [9.17, 15) is 18.0 Å². The summed E-state index contributed by atoms with van der Waals surface area (Å²) in [6.07, 6.45) is 3.81. The fourth-order valence-electron chi connectivity index (χ4n) is 2.00. The zero-order valence-electron chi connectivity index (χ0n) is 13.1. The average molecular weight is 345 g/mol. The average Bonchev–Trinajstić information content (AvgIpc) is 2.54. The highest BCUT2D eigenvalue weighted by molar-refractivity contribution is 7.92. The molecule has 0 N–H and O–H groups in total. The monoisotopic (exact) mass is 345 g/mol. The lowest BCUT2D eigenvalue weighted by molar-refractivity contribution is 0.0965. The van der Waals surface area contributed by atoms with Crippen molar-refractivity contribution in [1.29, 1.82) is 0 Å². The number of hydrogen-bond donors (Lipinski definition) is 0. The zero-order chi connectivity index (χ0) is 17.7. The summed E-state index contributed by atoms with van der Waals surface area (Å²) in [5.74, 6) is -1.13. The van der Waals surface area contributed by atoms with Crippen molar-refractivity contribution < 1.29 is 18.0 Å². The van der Waals surface area contributed by atoms with E-state index in [-0.39, 0.29) is 16.9 Å². The number of ketones is 2. The fraction of sp³-hybridized carbons (Fsp3) is 0.188. The van der Waals surface area contributed by atoms with Gasteiger partial charge in [-0.25, -0.2) is 8.42 Å². The molecule has 0 aliphatic carbocycles. The molecule has 7 nitrogen and oxygen atoms in total. The van der Waals surface area contributed by atoms with Crippen LogP contribution in [0.1, 0.15) is 27.6 Å². The van der Waals surface area contributed by atoms with Crippen molar-refractivity contribution in [2.45, 2.75) is 12.3 Å². The summed E-state index contributed by atoms with van der Waals surface area (Å²) < 4.78 is 23.9. The van der Waals surface area contributed by atoms with Gasteiger partial charge in [0.05, 0.1) is 6.20 Å². The van der Waals surface area contributed by atoms with Crippen LogP contribution in [-0.2, 0) is 9.84 Å². The molecule has 0 spiro atoms. The van der Waals surface area contributed by atoms with Gasteiger partial charge in [0.1, 0.15) is 5.69 Å². The Morgan fingerprint density at radius 3 is 2.29 bits per heavy atom. The molecule has 2 aromatic rings. The topological polar surface area (TPSA) is 106 Å². The largest absolute Gasteiger partial charge is 0.294 e. The summed E-state index contributed by atoms with van der Waals surface area (Å²) in [7, 11) is -3.87. The second kappa shape index (κ2) is 7.22. The number of nitrogens with zero attached hydrogens (tertiary/aromatic N) is 3. The standard InChI is InChI=1S/C16H15N3O4S/c1-11(20)13-7-3-4-8-14(13)15(21)16(24(2,22)23)19-18-12-6-5-9-17-10-12/h3-10,16H,1-2H3. The minimum Gasteiger partial charge on any atom is -0.294 e. The summed E-state index contributed by atoms with van der Waals surface area (Å²) in [4.78, 5) is 28.1. The molecule has 0 radical (unpaired) electrons. The number of azo groups is 1. The summed E-state index contributed by atoms with van der Waals surface area (Å²) >= 11 is 0. The molecule has 8 heteroatoms. The maximum atomic E-state index is 12.6. The molecule has 24 heavy (non-hydrogen) atoms. The third-order valence-electron chi connectivity index (χ3n) is 3.13.